The summed E-state index contributed by atoms with van der Waals surface area (Å²) in [7, 11) is -4.21. The molecule has 8 nitrogen and oxygen atoms in total. The number of rotatable bonds is 8. The summed E-state index contributed by atoms with van der Waals surface area (Å²) >= 11 is 12.4. The molecule has 0 spiro atoms. The Balaban J connectivity index is 1.49. The maximum atomic E-state index is 13.7. The van der Waals surface area contributed by atoms with Gasteiger partial charge in [0.2, 0.25) is 5.91 Å². The highest BCUT2D eigenvalue weighted by molar-refractivity contribution is 7.92. The molecule has 4 aromatic rings. The molecule has 3 aromatic carbocycles. The molecule has 0 atom stereocenters. The number of aliphatic hydroxyl groups is 2. The highest BCUT2D eigenvalue weighted by Gasteiger charge is 2.51. The van der Waals surface area contributed by atoms with Crippen molar-refractivity contribution in [3.05, 3.63) is 98.9 Å². The lowest BCUT2D eigenvalue weighted by molar-refractivity contribution is -0.126. The van der Waals surface area contributed by atoms with E-state index in [0.717, 1.165) is 28.5 Å². The van der Waals surface area contributed by atoms with Crippen LogP contribution in [0.15, 0.2) is 77.0 Å². The van der Waals surface area contributed by atoms with E-state index < -0.39 is 40.5 Å². The van der Waals surface area contributed by atoms with Crippen molar-refractivity contribution >= 4 is 78.9 Å². The van der Waals surface area contributed by atoms with Gasteiger partial charge < -0.3 is 15.1 Å². The summed E-state index contributed by atoms with van der Waals surface area (Å²) in [5.41, 5.74) is 0.485. The first-order valence-corrected chi connectivity index (χ1v) is 15.0. The molecule has 0 saturated carbocycles. The maximum absolute atomic E-state index is 13.7. The number of sulfonamides is 1. The molecule has 206 valence electrons. The summed E-state index contributed by atoms with van der Waals surface area (Å²) in [5.74, 6) is -1.42. The van der Waals surface area contributed by atoms with Crippen LogP contribution >= 0.6 is 34.5 Å². The number of nitrogens with zero attached hydrogens (tertiary/aromatic N) is 1. The fraction of sp³-hybridized carbons (Fsp3) is 0.143. The number of para-hydroxylation sites is 1. The number of benzene rings is 3. The van der Waals surface area contributed by atoms with Crippen molar-refractivity contribution in [1.82, 2.24) is 4.72 Å². The number of amides is 2. The third-order valence-corrected chi connectivity index (χ3v) is 10.4. The summed E-state index contributed by atoms with van der Waals surface area (Å²) in [6.45, 7) is -1.10. The molecule has 0 bridgehead atoms. The fourth-order valence-corrected chi connectivity index (χ4v) is 7.55. The topological polar surface area (TPSA) is 124 Å². The first-order chi connectivity index (χ1) is 19.1. The van der Waals surface area contributed by atoms with Crippen molar-refractivity contribution in [1.29, 1.82) is 0 Å². The van der Waals surface area contributed by atoms with Crippen LogP contribution in [0.1, 0.15) is 16.7 Å². The van der Waals surface area contributed by atoms with E-state index >= 15 is 0 Å². The number of hydrogen-bond donors (Lipinski definition) is 3. The van der Waals surface area contributed by atoms with Crippen LogP contribution in [0.3, 0.4) is 0 Å². The van der Waals surface area contributed by atoms with Crippen molar-refractivity contribution in [3.63, 3.8) is 0 Å². The molecule has 2 heterocycles. The average molecular weight is 618 g/mol. The summed E-state index contributed by atoms with van der Waals surface area (Å²) in [5, 5.41) is 22.6. The number of halogens is 2. The van der Waals surface area contributed by atoms with Gasteiger partial charge in [0, 0.05) is 6.08 Å². The summed E-state index contributed by atoms with van der Waals surface area (Å²) in [6.07, 6.45) is 2.41. The maximum Gasteiger partial charge on any atom is 0.273 e. The lowest BCUT2D eigenvalue weighted by Gasteiger charge is -2.24. The molecule has 0 fully saturated rings. The highest BCUT2D eigenvalue weighted by Crippen LogP contribution is 2.45. The Morgan fingerprint density at radius 1 is 1.00 bits per heavy atom. The van der Waals surface area contributed by atoms with E-state index in [4.69, 9.17) is 23.2 Å². The van der Waals surface area contributed by atoms with Gasteiger partial charge in [-0.25, -0.2) is 13.1 Å². The molecule has 2 amide bonds. The number of anilines is 1. The number of nitrogens with one attached hydrogen (secondary N) is 1. The standard InChI is InChI=1S/C28H22Cl2N2O6S2/c29-22-13-24(39-26(22)30)40(37,38)31-23(35)11-10-19-6-3-7-21-25(19)32(27(36)28(21,15-33)16-34)14-17-8-9-18-4-1-2-5-20(18)12-17/h1-13,33-34H,14-16H2,(H,31,35)/b11-10+. The van der Waals surface area contributed by atoms with Crippen molar-refractivity contribution in [2.75, 3.05) is 18.1 Å². The number of fused-ring (bicyclic) bond motifs is 2. The third kappa shape index (κ3) is 5.03. The average Bonchev–Trinajstić information content (AvgIpc) is 3.41. The molecular formula is C28H22Cl2N2O6S2. The lowest BCUT2D eigenvalue weighted by Crippen LogP contribution is -2.45. The van der Waals surface area contributed by atoms with Crippen molar-refractivity contribution in [2.45, 2.75) is 16.2 Å². The molecule has 0 unspecified atom stereocenters. The Hall–Kier alpha value is -3.25. The molecule has 12 heteroatoms. The van der Waals surface area contributed by atoms with Gasteiger partial charge in [-0.05, 0) is 45.7 Å². The van der Waals surface area contributed by atoms with Gasteiger partial charge in [0.1, 0.15) is 14.0 Å². The smallest absolute Gasteiger partial charge is 0.273 e. The molecule has 0 radical (unpaired) electrons. The first kappa shape index (κ1) is 28.3. The van der Waals surface area contributed by atoms with Crippen molar-refractivity contribution in [3.8, 4) is 0 Å². The summed E-state index contributed by atoms with van der Waals surface area (Å²) in [4.78, 5) is 27.7. The van der Waals surface area contributed by atoms with Gasteiger partial charge in [0.25, 0.3) is 15.9 Å². The van der Waals surface area contributed by atoms with E-state index in [1.54, 1.807) is 18.2 Å². The van der Waals surface area contributed by atoms with Crippen LogP contribution in [0, 0.1) is 0 Å². The quantitative estimate of drug-likeness (QED) is 0.251. The second kappa shape index (κ2) is 11.0. The SMILES string of the molecule is O=C(/C=C/c1cccc2c1N(Cc1ccc3ccccc3c1)C(=O)C2(CO)CO)NS(=O)(=O)c1cc(Cl)c(Cl)s1. The molecule has 40 heavy (non-hydrogen) atoms. The van der Waals surface area contributed by atoms with E-state index in [-0.39, 0.29) is 20.1 Å². The van der Waals surface area contributed by atoms with Crippen molar-refractivity contribution < 1.29 is 28.2 Å². The van der Waals surface area contributed by atoms with Gasteiger partial charge >= 0.3 is 0 Å². The van der Waals surface area contributed by atoms with E-state index in [1.165, 1.54) is 11.0 Å². The second-order valence-corrected chi connectivity index (χ2v) is 13.2. The zero-order chi connectivity index (χ0) is 28.7. The van der Waals surface area contributed by atoms with Crippen molar-refractivity contribution in [2.24, 2.45) is 0 Å². The van der Waals surface area contributed by atoms with Crippen LogP contribution in [0.2, 0.25) is 9.36 Å². The van der Waals surface area contributed by atoms with Crippen LogP contribution in [-0.4, -0.2) is 43.7 Å². The van der Waals surface area contributed by atoms with E-state index in [0.29, 0.717) is 28.2 Å². The molecular weight excluding hydrogens is 595 g/mol. The minimum absolute atomic E-state index is 0.0577. The Morgan fingerprint density at radius 3 is 2.40 bits per heavy atom. The Bertz CT molecular complexity index is 1760. The fourth-order valence-electron chi connectivity index (χ4n) is 4.73. The van der Waals surface area contributed by atoms with E-state index in [9.17, 15) is 28.2 Å². The Kier molecular flexibility index (Phi) is 7.75. The Labute approximate surface area is 244 Å². The third-order valence-electron chi connectivity index (χ3n) is 6.74. The number of aliphatic hydroxyl groups excluding tert-OH is 2. The molecule has 0 aliphatic carbocycles. The van der Waals surface area contributed by atoms with Gasteiger partial charge in [0.05, 0.1) is 30.5 Å². The molecule has 0 saturated heterocycles. The lowest BCUT2D eigenvalue weighted by atomic mass is 9.82. The van der Waals surface area contributed by atoms with Gasteiger partial charge in [-0.2, -0.15) is 0 Å². The molecule has 3 N–H and O–H groups in total. The summed E-state index contributed by atoms with van der Waals surface area (Å²) < 4.78 is 27.0. The van der Waals surface area contributed by atoms with Gasteiger partial charge in [-0.3, -0.25) is 9.59 Å². The van der Waals surface area contributed by atoms with Crippen LogP contribution in [-0.2, 0) is 31.6 Å². The van der Waals surface area contributed by atoms with Crippen LogP contribution in [0.25, 0.3) is 16.8 Å². The minimum atomic E-state index is -4.21. The predicted octanol–water partition coefficient (Wildman–Crippen LogP) is 4.50. The van der Waals surface area contributed by atoms with E-state index in [2.05, 4.69) is 0 Å². The van der Waals surface area contributed by atoms with Crippen LogP contribution in [0.5, 0.6) is 0 Å². The minimum Gasteiger partial charge on any atom is -0.395 e. The second-order valence-electron chi connectivity index (χ2n) is 9.20. The van der Waals surface area contributed by atoms with E-state index in [1.807, 2.05) is 47.2 Å². The normalized spacial score (nSPS) is 14.7. The Morgan fingerprint density at radius 2 is 1.73 bits per heavy atom. The molecule has 5 rings (SSSR count). The predicted molar refractivity (Wildman–Crippen MR) is 156 cm³/mol. The number of carbonyl (C=O) groups is 2. The van der Waals surface area contributed by atoms with Crippen LogP contribution < -0.4 is 9.62 Å². The van der Waals surface area contributed by atoms with Gasteiger partial charge in [-0.1, -0.05) is 77.8 Å². The number of carbonyl (C=O) groups excluding carboxylic acids is 2. The number of hydrogen-bond acceptors (Lipinski definition) is 7. The van der Waals surface area contributed by atoms with Gasteiger partial charge in [-0.15, -0.1) is 11.3 Å². The van der Waals surface area contributed by atoms with Gasteiger partial charge in [0.15, 0.2) is 0 Å². The number of thiophene rings is 1. The first-order valence-electron chi connectivity index (χ1n) is 11.9. The molecule has 1 aliphatic heterocycles. The summed E-state index contributed by atoms with van der Waals surface area (Å²) in [6, 6.07) is 19.7. The monoisotopic (exact) mass is 616 g/mol. The zero-order valence-corrected chi connectivity index (χ0v) is 23.8. The highest BCUT2D eigenvalue weighted by atomic mass is 35.5. The van der Waals surface area contributed by atoms with Crippen LogP contribution in [0.4, 0.5) is 5.69 Å². The zero-order valence-electron chi connectivity index (χ0n) is 20.7. The molecule has 1 aliphatic rings. The largest absolute Gasteiger partial charge is 0.395 e. The molecule has 1 aromatic heterocycles.